The van der Waals surface area contributed by atoms with Crippen molar-refractivity contribution in [1.82, 2.24) is 0 Å². The fraction of sp³-hybridized carbons (Fsp3) is 0.727. The first kappa shape index (κ1) is 22.5. The van der Waals surface area contributed by atoms with E-state index < -0.39 is 22.4 Å². The van der Waals surface area contributed by atoms with Crippen LogP contribution in [-0.4, -0.2) is 24.8 Å². The lowest BCUT2D eigenvalue weighted by molar-refractivity contribution is -0.134. The standard InChI is InChI=1S/C22H36O4/c1-9-11-13-25-19-15(21(3,4)5)17(23)18(24)16(22(6,7)8)20(19)26-14-12-10-2/h9-14H2,1-8H3. The van der Waals surface area contributed by atoms with Gasteiger partial charge in [-0.3, -0.25) is 9.59 Å². The molecule has 0 unspecified atom stereocenters. The molecule has 1 rings (SSSR count). The van der Waals surface area contributed by atoms with Gasteiger partial charge in [0.2, 0.25) is 11.6 Å². The second-order valence-corrected chi connectivity index (χ2v) is 8.97. The Bertz CT molecular complexity index is 541. The molecule has 0 radical (unpaired) electrons. The number of carbonyl (C=O) groups excluding carboxylic acids is 2. The number of carbonyl (C=O) groups is 2. The van der Waals surface area contributed by atoms with E-state index in [2.05, 4.69) is 13.8 Å². The average Bonchev–Trinajstić information content (AvgIpc) is 2.49. The maximum absolute atomic E-state index is 13.0. The zero-order chi connectivity index (χ0) is 20.1. The molecule has 0 amide bonds. The van der Waals surface area contributed by atoms with Gasteiger partial charge in [-0.1, -0.05) is 68.2 Å². The predicted octanol–water partition coefficient (Wildman–Crippen LogP) is 5.37. The molecule has 1 aliphatic rings. The summed E-state index contributed by atoms with van der Waals surface area (Å²) < 4.78 is 12.1. The van der Waals surface area contributed by atoms with E-state index in [1.54, 1.807) is 0 Å². The van der Waals surface area contributed by atoms with Crippen LogP contribution in [0.5, 0.6) is 0 Å². The summed E-state index contributed by atoms with van der Waals surface area (Å²) in [5.74, 6) is 0.0155. The summed E-state index contributed by atoms with van der Waals surface area (Å²) in [6.07, 6.45) is 3.76. The molecule has 0 aromatic rings. The van der Waals surface area contributed by atoms with Crippen LogP contribution >= 0.6 is 0 Å². The number of ketones is 2. The van der Waals surface area contributed by atoms with Gasteiger partial charge in [0.1, 0.15) is 0 Å². The Morgan fingerprint density at radius 2 is 0.962 bits per heavy atom. The van der Waals surface area contributed by atoms with Crippen LogP contribution in [0.15, 0.2) is 22.7 Å². The predicted molar refractivity (Wildman–Crippen MR) is 105 cm³/mol. The quantitative estimate of drug-likeness (QED) is 0.330. The Morgan fingerprint density at radius 1 is 0.654 bits per heavy atom. The van der Waals surface area contributed by atoms with E-state index in [0.29, 0.717) is 35.9 Å². The zero-order valence-electron chi connectivity index (χ0n) is 17.9. The number of rotatable bonds is 8. The molecule has 0 aromatic carbocycles. The molecule has 0 heterocycles. The van der Waals surface area contributed by atoms with E-state index in [9.17, 15) is 9.59 Å². The fourth-order valence-electron chi connectivity index (χ4n) is 2.94. The molecule has 4 nitrogen and oxygen atoms in total. The van der Waals surface area contributed by atoms with Gasteiger partial charge in [-0.2, -0.15) is 0 Å². The lowest BCUT2D eigenvalue weighted by Gasteiger charge is -2.34. The van der Waals surface area contributed by atoms with Crippen molar-refractivity contribution in [3.8, 4) is 0 Å². The molecule has 0 saturated carbocycles. The van der Waals surface area contributed by atoms with Gasteiger partial charge in [0.15, 0.2) is 11.5 Å². The van der Waals surface area contributed by atoms with E-state index in [4.69, 9.17) is 9.47 Å². The SMILES string of the molecule is CCCCOC1=C(C(C)(C)C)C(=O)C(=O)C(C(C)(C)C)=C1OCCCC. The van der Waals surface area contributed by atoms with E-state index in [1.165, 1.54) is 0 Å². The van der Waals surface area contributed by atoms with Gasteiger partial charge >= 0.3 is 0 Å². The van der Waals surface area contributed by atoms with Gasteiger partial charge < -0.3 is 9.47 Å². The maximum atomic E-state index is 13.0. The van der Waals surface area contributed by atoms with Crippen molar-refractivity contribution < 1.29 is 19.1 Å². The van der Waals surface area contributed by atoms with Crippen molar-refractivity contribution in [2.75, 3.05) is 13.2 Å². The van der Waals surface area contributed by atoms with Crippen LogP contribution in [0, 0.1) is 10.8 Å². The number of allylic oxidation sites excluding steroid dienone is 2. The summed E-state index contributed by atoms with van der Waals surface area (Å²) in [7, 11) is 0. The Hall–Kier alpha value is -1.58. The summed E-state index contributed by atoms with van der Waals surface area (Å²) in [4.78, 5) is 25.9. The largest absolute Gasteiger partial charge is 0.489 e. The van der Waals surface area contributed by atoms with E-state index in [-0.39, 0.29) is 0 Å². The molecular formula is C22H36O4. The van der Waals surface area contributed by atoms with E-state index >= 15 is 0 Å². The second kappa shape index (κ2) is 8.88. The van der Waals surface area contributed by atoms with Crippen LogP contribution in [0.4, 0.5) is 0 Å². The topological polar surface area (TPSA) is 52.6 Å². The third-order valence-corrected chi connectivity index (χ3v) is 4.31. The minimum atomic E-state index is -0.503. The van der Waals surface area contributed by atoms with Gasteiger partial charge in [0.05, 0.1) is 24.4 Å². The Balaban J connectivity index is 3.61. The van der Waals surface area contributed by atoms with Crippen LogP contribution in [0.1, 0.15) is 81.1 Å². The Labute approximate surface area is 159 Å². The summed E-state index contributed by atoms with van der Waals surface area (Å²) in [6, 6.07) is 0. The van der Waals surface area contributed by atoms with Crippen molar-refractivity contribution in [1.29, 1.82) is 0 Å². The molecule has 0 aliphatic heterocycles. The highest BCUT2D eigenvalue weighted by Crippen LogP contribution is 2.42. The van der Waals surface area contributed by atoms with Gasteiger partial charge in [-0.05, 0) is 23.7 Å². The molecule has 0 atom stereocenters. The van der Waals surface area contributed by atoms with Crippen LogP contribution in [-0.2, 0) is 19.1 Å². The van der Waals surface area contributed by atoms with Crippen LogP contribution in [0.3, 0.4) is 0 Å². The van der Waals surface area contributed by atoms with Gasteiger partial charge in [-0.15, -0.1) is 0 Å². The normalized spacial score (nSPS) is 16.5. The minimum absolute atomic E-state index is 0.429. The third kappa shape index (κ3) is 5.21. The maximum Gasteiger partial charge on any atom is 0.233 e. The van der Waals surface area contributed by atoms with Gasteiger partial charge in [0.25, 0.3) is 0 Å². The summed E-state index contributed by atoms with van der Waals surface area (Å²) in [6.45, 7) is 16.8. The number of unbranched alkanes of at least 4 members (excludes halogenated alkanes) is 2. The first-order valence-corrected chi connectivity index (χ1v) is 9.81. The molecule has 0 N–H and O–H groups in total. The number of Topliss-reactive ketones (excluding diaryl/α,β-unsaturated/α-hetero) is 2. The third-order valence-electron chi connectivity index (χ3n) is 4.31. The van der Waals surface area contributed by atoms with Crippen LogP contribution in [0.25, 0.3) is 0 Å². The Kier molecular flexibility index (Phi) is 7.67. The molecule has 26 heavy (non-hydrogen) atoms. The minimum Gasteiger partial charge on any atom is -0.489 e. The lowest BCUT2D eigenvalue weighted by atomic mass is 9.72. The molecule has 148 valence electrons. The van der Waals surface area contributed by atoms with E-state index in [0.717, 1.165) is 25.7 Å². The zero-order valence-corrected chi connectivity index (χ0v) is 17.9. The number of ether oxygens (including phenoxy) is 2. The first-order valence-electron chi connectivity index (χ1n) is 9.81. The number of hydrogen-bond acceptors (Lipinski definition) is 4. The highest BCUT2D eigenvalue weighted by molar-refractivity contribution is 6.50. The monoisotopic (exact) mass is 364 g/mol. The molecule has 1 aliphatic carbocycles. The van der Waals surface area contributed by atoms with Crippen molar-refractivity contribution in [3.05, 3.63) is 22.7 Å². The second-order valence-electron chi connectivity index (χ2n) is 8.97. The molecule has 0 saturated heterocycles. The van der Waals surface area contributed by atoms with Crippen LogP contribution < -0.4 is 0 Å². The molecule has 0 spiro atoms. The summed E-state index contributed by atoms with van der Waals surface area (Å²) in [5.41, 5.74) is -0.148. The van der Waals surface area contributed by atoms with Crippen molar-refractivity contribution in [2.45, 2.75) is 81.1 Å². The highest BCUT2D eigenvalue weighted by Gasteiger charge is 2.45. The van der Waals surface area contributed by atoms with Crippen molar-refractivity contribution in [3.63, 3.8) is 0 Å². The number of hydrogen-bond donors (Lipinski definition) is 0. The van der Waals surface area contributed by atoms with Crippen molar-refractivity contribution >= 4 is 11.6 Å². The average molecular weight is 365 g/mol. The molecular weight excluding hydrogens is 328 g/mol. The summed E-state index contributed by atoms with van der Waals surface area (Å²) in [5, 5.41) is 0. The molecule has 0 fully saturated rings. The lowest BCUT2D eigenvalue weighted by Crippen LogP contribution is -2.37. The van der Waals surface area contributed by atoms with Crippen LogP contribution in [0.2, 0.25) is 0 Å². The van der Waals surface area contributed by atoms with Gasteiger partial charge in [-0.25, -0.2) is 0 Å². The van der Waals surface area contributed by atoms with Gasteiger partial charge in [0, 0.05) is 0 Å². The fourth-order valence-corrected chi connectivity index (χ4v) is 2.94. The molecule has 0 bridgehead atoms. The molecule has 0 aromatic heterocycles. The first-order chi connectivity index (χ1) is 12.0. The summed E-state index contributed by atoms with van der Waals surface area (Å²) >= 11 is 0. The Morgan fingerprint density at radius 3 is 1.19 bits per heavy atom. The highest BCUT2D eigenvalue weighted by atomic mass is 16.5. The smallest absolute Gasteiger partial charge is 0.233 e. The van der Waals surface area contributed by atoms with E-state index in [1.807, 2.05) is 41.5 Å². The molecule has 4 heteroatoms. The van der Waals surface area contributed by atoms with Crippen molar-refractivity contribution in [2.24, 2.45) is 10.8 Å².